The lowest BCUT2D eigenvalue weighted by atomic mass is 10.1. The summed E-state index contributed by atoms with van der Waals surface area (Å²) in [5.74, 6) is 0.697. The maximum atomic E-state index is 12.9. The van der Waals surface area contributed by atoms with Crippen LogP contribution in [0.4, 0.5) is 13.2 Å². The summed E-state index contributed by atoms with van der Waals surface area (Å²) >= 11 is 5.61. The number of allylic oxidation sites excluding steroid dienone is 1. The van der Waals surface area contributed by atoms with E-state index in [2.05, 4.69) is 6.58 Å². The zero-order valence-electron chi connectivity index (χ0n) is 12.2. The quantitative estimate of drug-likeness (QED) is 0.266. The molecule has 0 aliphatic heterocycles. The first kappa shape index (κ1) is 18.3. The van der Waals surface area contributed by atoms with Crippen molar-refractivity contribution < 1.29 is 13.2 Å². The second kappa shape index (κ2) is 9.31. The van der Waals surface area contributed by atoms with Gasteiger partial charge in [-0.25, -0.2) is 0 Å². The number of benzene rings is 1. The Bertz CT molecular complexity index is 443. The Kier molecular flexibility index (Phi) is 8.12. The maximum Gasteiger partial charge on any atom is 0.416 e. The van der Waals surface area contributed by atoms with Crippen LogP contribution in [0.5, 0.6) is 0 Å². The van der Waals surface area contributed by atoms with Gasteiger partial charge in [0.25, 0.3) is 0 Å². The van der Waals surface area contributed by atoms with Gasteiger partial charge >= 0.3 is 6.18 Å². The van der Waals surface area contributed by atoms with Crippen molar-refractivity contribution in [2.45, 2.75) is 44.3 Å². The average Bonchev–Trinajstić information content (AvgIpc) is 2.44. The summed E-state index contributed by atoms with van der Waals surface area (Å²) in [7, 11) is -0.952. The number of hydrogen-bond donors (Lipinski definition) is 0. The Labute approximate surface area is 132 Å². The molecule has 1 rings (SSSR count). The number of unbranched alkanes of at least 4 members (excludes halogenated alkanes) is 3. The Balaban J connectivity index is 2.40. The summed E-state index contributed by atoms with van der Waals surface area (Å²) in [4.78, 5) is 0. The second-order valence-electron chi connectivity index (χ2n) is 5.26. The van der Waals surface area contributed by atoms with Gasteiger partial charge in [-0.05, 0) is 25.3 Å². The molecule has 0 bridgehead atoms. The van der Waals surface area contributed by atoms with Crippen molar-refractivity contribution in [2.75, 3.05) is 5.88 Å². The fourth-order valence-corrected chi connectivity index (χ4v) is 4.23. The minimum Gasteiger partial charge on any atom is -0.166 e. The van der Waals surface area contributed by atoms with E-state index in [0.29, 0.717) is 11.1 Å². The van der Waals surface area contributed by atoms with Gasteiger partial charge in [-0.2, -0.15) is 13.2 Å². The van der Waals surface area contributed by atoms with Crippen molar-refractivity contribution >= 4 is 26.3 Å². The highest BCUT2D eigenvalue weighted by atomic mass is 35.5. The number of hydrogen-bond acceptors (Lipinski definition) is 0. The number of halogens is 4. The lowest BCUT2D eigenvalue weighted by molar-refractivity contribution is -0.136. The molecule has 0 N–H and O–H groups in total. The van der Waals surface area contributed by atoms with E-state index in [1.54, 1.807) is 12.1 Å². The van der Waals surface area contributed by atoms with Crippen molar-refractivity contribution in [1.29, 1.82) is 0 Å². The van der Waals surface area contributed by atoms with Crippen LogP contribution in [-0.4, -0.2) is 15.4 Å². The Morgan fingerprint density at radius 3 is 2.43 bits per heavy atom. The third kappa shape index (κ3) is 7.18. The van der Waals surface area contributed by atoms with E-state index in [0.717, 1.165) is 43.7 Å². The SMILES string of the molecule is C=C(CCCCCCCl)C[SiH2]c1ccccc1C(F)(F)F. The zero-order chi connectivity index (χ0) is 15.7. The first-order valence-corrected chi connectivity index (χ1v) is 9.57. The molecular formula is C16H22ClF3Si. The van der Waals surface area contributed by atoms with Gasteiger partial charge in [0.1, 0.15) is 0 Å². The van der Waals surface area contributed by atoms with Crippen molar-refractivity contribution in [3.8, 4) is 0 Å². The molecule has 0 aromatic heterocycles. The van der Waals surface area contributed by atoms with E-state index in [9.17, 15) is 13.2 Å². The fraction of sp³-hybridized carbons (Fsp3) is 0.500. The Morgan fingerprint density at radius 2 is 1.76 bits per heavy atom. The molecule has 0 amide bonds. The van der Waals surface area contributed by atoms with E-state index < -0.39 is 21.3 Å². The molecule has 0 heterocycles. The Morgan fingerprint density at radius 1 is 1.10 bits per heavy atom. The highest BCUT2D eigenvalue weighted by Gasteiger charge is 2.32. The molecule has 1 aromatic rings. The maximum absolute atomic E-state index is 12.9. The molecule has 0 aliphatic carbocycles. The molecule has 0 nitrogen and oxygen atoms in total. The predicted molar refractivity (Wildman–Crippen MR) is 87.4 cm³/mol. The van der Waals surface area contributed by atoms with Crippen LogP contribution in [0.3, 0.4) is 0 Å². The number of rotatable bonds is 9. The molecule has 0 spiro atoms. The molecule has 0 saturated carbocycles. The van der Waals surface area contributed by atoms with E-state index in [1.807, 2.05) is 0 Å². The van der Waals surface area contributed by atoms with Crippen LogP contribution < -0.4 is 5.19 Å². The van der Waals surface area contributed by atoms with E-state index in [1.165, 1.54) is 12.1 Å². The number of alkyl halides is 4. The molecule has 1 aromatic carbocycles. The van der Waals surface area contributed by atoms with E-state index in [-0.39, 0.29) is 0 Å². The molecule has 0 saturated heterocycles. The third-order valence-corrected chi connectivity index (χ3v) is 5.86. The van der Waals surface area contributed by atoms with Gasteiger partial charge in [0.2, 0.25) is 0 Å². The van der Waals surface area contributed by atoms with Crippen molar-refractivity contribution in [2.24, 2.45) is 0 Å². The van der Waals surface area contributed by atoms with Crippen LogP contribution in [0.2, 0.25) is 6.04 Å². The normalized spacial score (nSPS) is 12.2. The minimum atomic E-state index is -4.24. The summed E-state index contributed by atoms with van der Waals surface area (Å²) in [5, 5.41) is 0.494. The molecule has 0 aliphatic rings. The monoisotopic (exact) mass is 334 g/mol. The highest BCUT2D eigenvalue weighted by Crippen LogP contribution is 2.27. The zero-order valence-corrected chi connectivity index (χ0v) is 14.4. The van der Waals surface area contributed by atoms with Crippen molar-refractivity contribution in [3.05, 3.63) is 42.0 Å². The van der Waals surface area contributed by atoms with Crippen LogP contribution in [0.15, 0.2) is 36.4 Å². The van der Waals surface area contributed by atoms with Crippen LogP contribution in [0.1, 0.15) is 37.7 Å². The summed E-state index contributed by atoms with van der Waals surface area (Å²) in [6.07, 6.45) is 1.00. The largest absolute Gasteiger partial charge is 0.416 e. The molecule has 0 atom stereocenters. The molecule has 0 radical (unpaired) electrons. The summed E-state index contributed by atoms with van der Waals surface area (Å²) < 4.78 is 38.6. The summed E-state index contributed by atoms with van der Waals surface area (Å²) in [6.45, 7) is 4.01. The van der Waals surface area contributed by atoms with E-state index >= 15 is 0 Å². The fourth-order valence-electron chi connectivity index (χ4n) is 2.27. The lowest BCUT2D eigenvalue weighted by Crippen LogP contribution is -2.25. The molecular weight excluding hydrogens is 313 g/mol. The standard InChI is InChI=1S/C16H22ClF3Si/c1-13(8-4-2-3-7-11-17)12-21-15-10-6-5-9-14(15)16(18,19)20/h5-6,9-10H,1-4,7-8,11-12,21H2. The average molecular weight is 335 g/mol. The van der Waals surface area contributed by atoms with Gasteiger partial charge in [-0.1, -0.05) is 47.9 Å². The van der Waals surface area contributed by atoms with Crippen LogP contribution in [0, 0.1) is 0 Å². The second-order valence-corrected chi connectivity index (χ2v) is 7.40. The van der Waals surface area contributed by atoms with Gasteiger partial charge in [0.15, 0.2) is 0 Å². The minimum absolute atomic E-state index is 0.466. The molecule has 21 heavy (non-hydrogen) atoms. The van der Waals surface area contributed by atoms with E-state index in [4.69, 9.17) is 11.6 Å². The third-order valence-electron chi connectivity index (χ3n) is 3.48. The predicted octanol–water partition coefficient (Wildman–Crippen LogP) is 4.66. The van der Waals surface area contributed by atoms with Crippen LogP contribution in [0.25, 0.3) is 0 Å². The van der Waals surface area contributed by atoms with Crippen LogP contribution in [-0.2, 0) is 6.18 Å². The first-order chi connectivity index (χ1) is 9.95. The van der Waals surface area contributed by atoms with Crippen LogP contribution >= 0.6 is 11.6 Å². The molecule has 0 fully saturated rings. The summed E-state index contributed by atoms with van der Waals surface area (Å²) in [5.41, 5.74) is 0.621. The molecule has 5 heteroatoms. The van der Waals surface area contributed by atoms with Gasteiger partial charge in [-0.15, -0.1) is 18.2 Å². The first-order valence-electron chi connectivity index (χ1n) is 7.33. The molecule has 118 valence electrons. The van der Waals surface area contributed by atoms with Crippen molar-refractivity contribution in [1.82, 2.24) is 0 Å². The lowest BCUT2D eigenvalue weighted by Gasteiger charge is -2.13. The molecule has 0 unspecified atom stereocenters. The van der Waals surface area contributed by atoms with Gasteiger partial charge < -0.3 is 0 Å². The Hall–Kier alpha value is -0.743. The smallest absolute Gasteiger partial charge is 0.166 e. The van der Waals surface area contributed by atoms with Gasteiger partial charge in [0.05, 0.1) is 15.1 Å². The topological polar surface area (TPSA) is 0 Å². The summed E-state index contributed by atoms with van der Waals surface area (Å²) in [6, 6.07) is 6.68. The van der Waals surface area contributed by atoms with Crippen molar-refractivity contribution in [3.63, 3.8) is 0 Å². The van der Waals surface area contributed by atoms with Gasteiger partial charge in [-0.3, -0.25) is 0 Å². The highest BCUT2D eigenvalue weighted by molar-refractivity contribution is 6.54. The van der Waals surface area contributed by atoms with Gasteiger partial charge in [0, 0.05) is 5.88 Å².